The number of hydrogen-bond donors (Lipinski definition) is 1. The van der Waals surface area contributed by atoms with E-state index in [4.69, 9.17) is 4.74 Å². The van der Waals surface area contributed by atoms with Gasteiger partial charge < -0.3 is 10.1 Å². The van der Waals surface area contributed by atoms with Crippen LogP contribution in [0.1, 0.15) is 22.9 Å². The van der Waals surface area contributed by atoms with Gasteiger partial charge in [0.05, 0.1) is 13.2 Å². The van der Waals surface area contributed by atoms with Crippen LogP contribution in [0, 0.1) is 0 Å². The molecule has 0 aliphatic heterocycles. The molecule has 0 unspecified atom stereocenters. The van der Waals surface area contributed by atoms with Crippen molar-refractivity contribution in [2.75, 3.05) is 13.2 Å². The normalized spacial score (nSPS) is 10.8. The molecule has 3 heteroatoms. The third-order valence-corrected chi connectivity index (χ3v) is 3.88. The van der Waals surface area contributed by atoms with Crippen LogP contribution >= 0.6 is 11.3 Å². The zero-order valence-corrected chi connectivity index (χ0v) is 12.2. The molecule has 1 aromatic carbocycles. The summed E-state index contributed by atoms with van der Waals surface area (Å²) in [5, 5.41) is 5.43. The van der Waals surface area contributed by atoms with Gasteiger partial charge in [-0.15, -0.1) is 11.3 Å². The Balaban J connectivity index is 1.68. The van der Waals surface area contributed by atoms with E-state index in [9.17, 15) is 0 Å². The predicted molar refractivity (Wildman–Crippen MR) is 81.5 cm³/mol. The fraction of sp³-hybridized carbons (Fsp3) is 0.375. The quantitative estimate of drug-likeness (QED) is 0.743. The van der Waals surface area contributed by atoms with Crippen LogP contribution in [0.4, 0.5) is 0 Å². The lowest BCUT2D eigenvalue weighted by Crippen LogP contribution is -2.11. The fourth-order valence-corrected chi connectivity index (χ4v) is 2.53. The van der Waals surface area contributed by atoms with E-state index in [2.05, 4.69) is 54.0 Å². The van der Waals surface area contributed by atoms with Crippen LogP contribution in [-0.4, -0.2) is 13.2 Å². The molecule has 0 saturated heterocycles. The monoisotopic (exact) mass is 275 g/mol. The van der Waals surface area contributed by atoms with E-state index in [1.807, 2.05) is 0 Å². The molecule has 0 aliphatic rings. The first-order chi connectivity index (χ1) is 9.38. The van der Waals surface area contributed by atoms with Crippen LogP contribution < -0.4 is 5.32 Å². The summed E-state index contributed by atoms with van der Waals surface area (Å²) in [6.45, 7) is 5.56. The Kier molecular flexibility index (Phi) is 6.08. The van der Waals surface area contributed by atoms with Crippen molar-refractivity contribution in [1.29, 1.82) is 0 Å². The van der Waals surface area contributed by atoms with Crippen molar-refractivity contribution in [2.24, 2.45) is 0 Å². The molecule has 19 heavy (non-hydrogen) atoms. The van der Waals surface area contributed by atoms with Gasteiger partial charge in [-0.05, 0) is 29.1 Å². The first-order valence-electron chi connectivity index (χ1n) is 6.77. The molecule has 1 heterocycles. The third kappa shape index (κ3) is 5.15. The molecule has 2 aromatic rings. The van der Waals surface area contributed by atoms with E-state index in [0.717, 1.165) is 26.1 Å². The van der Waals surface area contributed by atoms with E-state index >= 15 is 0 Å². The average molecular weight is 275 g/mol. The van der Waals surface area contributed by atoms with Crippen molar-refractivity contribution in [2.45, 2.75) is 26.5 Å². The summed E-state index contributed by atoms with van der Waals surface area (Å²) in [6, 6.07) is 12.9. The van der Waals surface area contributed by atoms with Crippen molar-refractivity contribution in [3.8, 4) is 0 Å². The molecule has 0 atom stereocenters. The van der Waals surface area contributed by atoms with Crippen molar-refractivity contribution >= 4 is 11.3 Å². The maximum absolute atomic E-state index is 5.71. The van der Waals surface area contributed by atoms with Gasteiger partial charge in [-0.3, -0.25) is 0 Å². The molecular weight excluding hydrogens is 254 g/mol. The molecule has 0 bridgehead atoms. The molecule has 1 aromatic heterocycles. The minimum Gasteiger partial charge on any atom is -0.376 e. The van der Waals surface area contributed by atoms with E-state index in [1.54, 1.807) is 11.3 Å². The van der Waals surface area contributed by atoms with Gasteiger partial charge in [0, 0.05) is 17.8 Å². The molecule has 0 fully saturated rings. The topological polar surface area (TPSA) is 21.3 Å². The van der Waals surface area contributed by atoms with Gasteiger partial charge in [0.25, 0.3) is 0 Å². The van der Waals surface area contributed by atoms with E-state index < -0.39 is 0 Å². The van der Waals surface area contributed by atoms with Crippen LogP contribution in [0.2, 0.25) is 0 Å². The lowest BCUT2D eigenvalue weighted by Gasteiger charge is -2.06. The Morgan fingerprint density at radius 3 is 2.58 bits per heavy atom. The Bertz CT molecular complexity index is 450. The van der Waals surface area contributed by atoms with Crippen molar-refractivity contribution in [1.82, 2.24) is 5.32 Å². The number of rotatable bonds is 8. The summed E-state index contributed by atoms with van der Waals surface area (Å²) in [5.41, 5.74) is 2.57. The second kappa shape index (κ2) is 8.10. The van der Waals surface area contributed by atoms with Crippen LogP contribution in [0.25, 0.3) is 0 Å². The molecule has 2 nitrogen and oxygen atoms in total. The second-order valence-corrected chi connectivity index (χ2v) is 5.51. The molecule has 0 amide bonds. The smallest absolute Gasteiger partial charge is 0.0717 e. The summed E-state index contributed by atoms with van der Waals surface area (Å²) in [5.74, 6) is 0. The van der Waals surface area contributed by atoms with Crippen molar-refractivity contribution in [3.63, 3.8) is 0 Å². The van der Waals surface area contributed by atoms with Gasteiger partial charge in [0.1, 0.15) is 0 Å². The van der Waals surface area contributed by atoms with Gasteiger partial charge >= 0.3 is 0 Å². The van der Waals surface area contributed by atoms with Crippen LogP contribution in [0.15, 0.2) is 41.8 Å². The Morgan fingerprint density at radius 1 is 1.11 bits per heavy atom. The number of ether oxygens (including phenoxy) is 1. The highest BCUT2D eigenvalue weighted by molar-refractivity contribution is 7.09. The molecule has 102 valence electrons. The van der Waals surface area contributed by atoms with Gasteiger partial charge in [0.15, 0.2) is 0 Å². The fourth-order valence-electron chi connectivity index (χ4n) is 1.84. The van der Waals surface area contributed by atoms with Crippen molar-refractivity contribution < 1.29 is 4.74 Å². The predicted octanol–water partition coefficient (Wildman–Crippen LogP) is 3.62. The number of benzene rings is 1. The Labute approximate surface area is 119 Å². The minimum absolute atomic E-state index is 0.701. The van der Waals surface area contributed by atoms with E-state index in [0.29, 0.717) is 6.61 Å². The average Bonchev–Trinajstić information content (AvgIpc) is 2.96. The van der Waals surface area contributed by atoms with Crippen LogP contribution in [0.3, 0.4) is 0 Å². The highest BCUT2D eigenvalue weighted by Gasteiger charge is 1.97. The number of nitrogens with one attached hydrogen (secondary N) is 1. The molecule has 1 N–H and O–H groups in total. The van der Waals surface area contributed by atoms with Crippen LogP contribution in [-0.2, 0) is 24.3 Å². The molecule has 0 spiro atoms. The molecule has 0 aliphatic carbocycles. The highest BCUT2D eigenvalue weighted by atomic mass is 32.1. The Hall–Kier alpha value is -1.16. The minimum atomic E-state index is 0.701. The molecule has 0 saturated carbocycles. The SMILES string of the molecule is CCNCc1ccc(COCCc2cccs2)cc1. The maximum Gasteiger partial charge on any atom is 0.0717 e. The van der Waals surface area contributed by atoms with Gasteiger partial charge in [-0.25, -0.2) is 0 Å². The molecular formula is C16H21NOS. The summed E-state index contributed by atoms with van der Waals surface area (Å²) in [4.78, 5) is 1.39. The molecule has 0 radical (unpaired) electrons. The first kappa shape index (κ1) is 14.3. The standard InChI is InChI=1S/C16H21NOS/c1-2-17-12-14-5-7-15(8-6-14)13-18-10-9-16-4-3-11-19-16/h3-8,11,17H,2,9-10,12-13H2,1H3. The summed E-state index contributed by atoms with van der Waals surface area (Å²) in [6.07, 6.45) is 1.01. The van der Waals surface area contributed by atoms with Crippen molar-refractivity contribution in [3.05, 3.63) is 57.8 Å². The zero-order valence-electron chi connectivity index (χ0n) is 11.4. The largest absolute Gasteiger partial charge is 0.376 e. The lowest BCUT2D eigenvalue weighted by atomic mass is 10.1. The van der Waals surface area contributed by atoms with Gasteiger partial charge in [0.2, 0.25) is 0 Å². The Morgan fingerprint density at radius 2 is 1.89 bits per heavy atom. The highest BCUT2D eigenvalue weighted by Crippen LogP contribution is 2.10. The summed E-state index contributed by atoms with van der Waals surface area (Å²) >= 11 is 1.79. The molecule has 2 rings (SSSR count). The van der Waals surface area contributed by atoms with Gasteiger partial charge in [-0.1, -0.05) is 37.3 Å². The van der Waals surface area contributed by atoms with Gasteiger partial charge in [-0.2, -0.15) is 0 Å². The van der Waals surface area contributed by atoms with Crippen LogP contribution in [0.5, 0.6) is 0 Å². The second-order valence-electron chi connectivity index (χ2n) is 4.48. The summed E-state index contributed by atoms with van der Waals surface area (Å²) in [7, 11) is 0. The zero-order chi connectivity index (χ0) is 13.3. The van der Waals surface area contributed by atoms with E-state index in [-0.39, 0.29) is 0 Å². The number of hydrogen-bond acceptors (Lipinski definition) is 3. The lowest BCUT2D eigenvalue weighted by molar-refractivity contribution is 0.124. The first-order valence-corrected chi connectivity index (χ1v) is 7.65. The maximum atomic E-state index is 5.71. The summed E-state index contributed by atoms with van der Waals surface area (Å²) < 4.78 is 5.71. The third-order valence-electron chi connectivity index (χ3n) is 2.94. The van der Waals surface area contributed by atoms with E-state index in [1.165, 1.54) is 16.0 Å². The number of thiophene rings is 1.